The summed E-state index contributed by atoms with van der Waals surface area (Å²) in [7, 11) is 1.65. The molecule has 1 atom stereocenters. The maximum Gasteiger partial charge on any atom is 0.335 e. The fourth-order valence-electron chi connectivity index (χ4n) is 2.67. The van der Waals surface area contributed by atoms with E-state index in [9.17, 15) is 9.59 Å². The normalized spacial score (nSPS) is 11.6. The van der Waals surface area contributed by atoms with Gasteiger partial charge in [-0.2, -0.15) is 0 Å². The van der Waals surface area contributed by atoms with Crippen molar-refractivity contribution in [2.75, 3.05) is 7.11 Å². The molecule has 5 heteroatoms. The molecule has 0 aromatic heterocycles. The number of carboxylic acids is 1. The molecule has 5 nitrogen and oxygen atoms in total. The number of ether oxygens (including phenoxy) is 1. The van der Waals surface area contributed by atoms with Gasteiger partial charge in [0.2, 0.25) is 5.91 Å². The number of nitrogens with one attached hydrogen (secondary N) is 1. The molecular formula is C21H25NO4. The number of aromatic carboxylic acids is 1. The number of aryl methyl sites for hydroxylation is 2. The molecule has 2 rings (SSSR count). The molecule has 0 saturated carbocycles. The summed E-state index contributed by atoms with van der Waals surface area (Å²) >= 11 is 0. The van der Waals surface area contributed by atoms with E-state index in [1.165, 1.54) is 5.56 Å². The first-order chi connectivity index (χ1) is 12.5. The van der Waals surface area contributed by atoms with Crippen molar-refractivity contribution >= 4 is 11.9 Å². The topological polar surface area (TPSA) is 75.6 Å². The van der Waals surface area contributed by atoms with E-state index in [0.717, 1.165) is 24.2 Å². The minimum Gasteiger partial charge on any atom is -0.497 e. The number of hydrogen-bond donors (Lipinski definition) is 2. The van der Waals surface area contributed by atoms with Crippen molar-refractivity contribution in [1.82, 2.24) is 5.32 Å². The van der Waals surface area contributed by atoms with Crippen LogP contribution in [0.2, 0.25) is 0 Å². The van der Waals surface area contributed by atoms with E-state index in [4.69, 9.17) is 9.84 Å². The van der Waals surface area contributed by atoms with Gasteiger partial charge in [0.05, 0.1) is 12.7 Å². The average molecular weight is 355 g/mol. The molecule has 2 aromatic carbocycles. The van der Waals surface area contributed by atoms with Crippen LogP contribution in [0.25, 0.3) is 0 Å². The lowest BCUT2D eigenvalue weighted by Gasteiger charge is -2.14. The van der Waals surface area contributed by atoms with E-state index in [1.54, 1.807) is 31.4 Å². The molecule has 0 spiro atoms. The van der Waals surface area contributed by atoms with E-state index in [-0.39, 0.29) is 17.5 Å². The second-order valence-electron chi connectivity index (χ2n) is 6.36. The zero-order valence-corrected chi connectivity index (χ0v) is 15.2. The molecule has 0 saturated heterocycles. The molecule has 0 bridgehead atoms. The van der Waals surface area contributed by atoms with Crippen LogP contribution in [0.4, 0.5) is 0 Å². The Balaban J connectivity index is 1.71. The highest BCUT2D eigenvalue weighted by molar-refractivity contribution is 5.87. The minimum absolute atomic E-state index is 0.00884. The van der Waals surface area contributed by atoms with E-state index < -0.39 is 5.97 Å². The summed E-state index contributed by atoms with van der Waals surface area (Å²) in [4.78, 5) is 22.9. The minimum atomic E-state index is -0.944. The van der Waals surface area contributed by atoms with E-state index in [2.05, 4.69) is 5.32 Å². The van der Waals surface area contributed by atoms with Crippen LogP contribution >= 0.6 is 0 Å². The lowest BCUT2D eigenvalue weighted by atomic mass is 10.0. The fourth-order valence-corrected chi connectivity index (χ4v) is 2.67. The fraction of sp³-hybridized carbons (Fsp3) is 0.333. The standard InChI is InChI=1S/C21H25NO4/c1-15(3-4-16-7-12-19(26-2)13-8-16)22-20(23)14-9-17-5-10-18(11-6-17)21(24)25/h5-8,10-13,15H,3-4,9,14H2,1-2H3,(H,22,23)(H,24,25). The van der Waals surface area contributed by atoms with Gasteiger partial charge < -0.3 is 15.2 Å². The molecule has 0 aliphatic carbocycles. The van der Waals surface area contributed by atoms with Crippen molar-refractivity contribution < 1.29 is 19.4 Å². The van der Waals surface area contributed by atoms with Crippen LogP contribution < -0.4 is 10.1 Å². The van der Waals surface area contributed by atoms with Gasteiger partial charge in [-0.15, -0.1) is 0 Å². The smallest absolute Gasteiger partial charge is 0.335 e. The maximum atomic E-state index is 12.1. The number of carbonyl (C=O) groups excluding carboxylic acids is 1. The van der Waals surface area contributed by atoms with Crippen molar-refractivity contribution in [3.05, 3.63) is 65.2 Å². The molecule has 26 heavy (non-hydrogen) atoms. The Hall–Kier alpha value is -2.82. The Labute approximate surface area is 154 Å². The van der Waals surface area contributed by atoms with Crippen LogP contribution in [0, 0.1) is 0 Å². The zero-order valence-electron chi connectivity index (χ0n) is 15.2. The molecule has 1 unspecified atom stereocenters. The summed E-state index contributed by atoms with van der Waals surface area (Å²) in [5, 5.41) is 11.9. The number of carbonyl (C=O) groups is 2. The van der Waals surface area contributed by atoms with E-state index in [0.29, 0.717) is 12.8 Å². The molecule has 0 radical (unpaired) electrons. The van der Waals surface area contributed by atoms with Crippen molar-refractivity contribution in [2.24, 2.45) is 0 Å². The number of amides is 1. The van der Waals surface area contributed by atoms with Gasteiger partial charge in [0.1, 0.15) is 5.75 Å². The summed E-state index contributed by atoms with van der Waals surface area (Å²) in [6.07, 6.45) is 2.74. The average Bonchev–Trinajstić information content (AvgIpc) is 2.65. The Bertz CT molecular complexity index is 723. The van der Waals surface area contributed by atoms with Gasteiger partial charge in [-0.05, 0) is 61.6 Å². The molecule has 2 N–H and O–H groups in total. The lowest BCUT2D eigenvalue weighted by Crippen LogP contribution is -2.33. The van der Waals surface area contributed by atoms with Gasteiger partial charge in [0, 0.05) is 12.5 Å². The summed E-state index contributed by atoms with van der Waals surface area (Å²) in [6, 6.07) is 14.7. The van der Waals surface area contributed by atoms with Gasteiger partial charge in [-0.3, -0.25) is 4.79 Å². The second-order valence-corrected chi connectivity index (χ2v) is 6.36. The lowest BCUT2D eigenvalue weighted by molar-refractivity contribution is -0.121. The Morgan fingerprint density at radius 3 is 2.15 bits per heavy atom. The van der Waals surface area contributed by atoms with Crippen LogP contribution in [0.15, 0.2) is 48.5 Å². The van der Waals surface area contributed by atoms with Gasteiger partial charge in [-0.25, -0.2) is 4.79 Å². The highest BCUT2D eigenvalue weighted by atomic mass is 16.5. The number of carboxylic acid groups (broad SMARTS) is 1. The summed E-state index contributed by atoms with van der Waals surface area (Å²) in [6.45, 7) is 2.00. The second kappa shape index (κ2) is 9.61. The van der Waals surface area contributed by atoms with Crippen LogP contribution in [-0.4, -0.2) is 30.1 Å². The SMILES string of the molecule is COc1ccc(CCC(C)NC(=O)CCc2ccc(C(=O)O)cc2)cc1. The molecule has 0 heterocycles. The number of methoxy groups -OCH3 is 1. The van der Waals surface area contributed by atoms with Crippen molar-refractivity contribution in [3.63, 3.8) is 0 Å². The van der Waals surface area contributed by atoms with Crippen LogP contribution in [0.1, 0.15) is 41.3 Å². The van der Waals surface area contributed by atoms with Crippen molar-refractivity contribution in [1.29, 1.82) is 0 Å². The predicted octanol–water partition coefficient (Wildman–Crippen LogP) is 3.46. The summed E-state index contributed by atoms with van der Waals surface area (Å²) in [5.41, 5.74) is 2.42. The quantitative estimate of drug-likeness (QED) is 0.722. The Morgan fingerprint density at radius 1 is 1.00 bits per heavy atom. The largest absolute Gasteiger partial charge is 0.497 e. The summed E-state index contributed by atoms with van der Waals surface area (Å²) in [5.74, 6) is -0.0963. The molecular weight excluding hydrogens is 330 g/mol. The van der Waals surface area contributed by atoms with Crippen LogP contribution in [0.3, 0.4) is 0 Å². The van der Waals surface area contributed by atoms with Crippen molar-refractivity contribution in [3.8, 4) is 5.75 Å². The molecule has 0 fully saturated rings. The highest BCUT2D eigenvalue weighted by Crippen LogP contribution is 2.13. The maximum absolute atomic E-state index is 12.1. The van der Waals surface area contributed by atoms with E-state index in [1.807, 2.05) is 31.2 Å². The molecule has 2 aromatic rings. The van der Waals surface area contributed by atoms with Crippen LogP contribution in [-0.2, 0) is 17.6 Å². The molecule has 138 valence electrons. The third kappa shape index (κ3) is 6.24. The van der Waals surface area contributed by atoms with Gasteiger partial charge in [-0.1, -0.05) is 24.3 Å². The third-order valence-corrected chi connectivity index (χ3v) is 4.27. The first kappa shape index (κ1) is 19.5. The monoisotopic (exact) mass is 355 g/mol. The van der Waals surface area contributed by atoms with Gasteiger partial charge in [0.15, 0.2) is 0 Å². The van der Waals surface area contributed by atoms with E-state index >= 15 is 0 Å². The molecule has 0 aliphatic rings. The number of rotatable bonds is 9. The number of hydrogen-bond acceptors (Lipinski definition) is 3. The zero-order chi connectivity index (χ0) is 18.9. The van der Waals surface area contributed by atoms with Gasteiger partial charge in [0.25, 0.3) is 0 Å². The molecule has 1 amide bonds. The van der Waals surface area contributed by atoms with Gasteiger partial charge >= 0.3 is 5.97 Å². The Kier molecular flexibility index (Phi) is 7.21. The Morgan fingerprint density at radius 2 is 1.58 bits per heavy atom. The summed E-state index contributed by atoms with van der Waals surface area (Å²) < 4.78 is 5.14. The molecule has 0 aliphatic heterocycles. The highest BCUT2D eigenvalue weighted by Gasteiger charge is 2.09. The first-order valence-corrected chi connectivity index (χ1v) is 8.72. The van der Waals surface area contributed by atoms with Crippen LogP contribution in [0.5, 0.6) is 5.75 Å². The predicted molar refractivity (Wildman–Crippen MR) is 101 cm³/mol. The third-order valence-electron chi connectivity index (χ3n) is 4.27. The van der Waals surface area contributed by atoms with Crippen molar-refractivity contribution in [2.45, 2.75) is 38.6 Å². The first-order valence-electron chi connectivity index (χ1n) is 8.72. The number of benzene rings is 2.